The molecule has 0 saturated carbocycles. The fraction of sp³-hybridized carbons (Fsp3) is 0.143. The Balaban J connectivity index is 0.00000121. The van der Waals surface area contributed by atoms with E-state index in [-0.39, 0.29) is 18.0 Å². The Bertz CT molecular complexity index is 345. The second kappa shape index (κ2) is 3.92. The van der Waals surface area contributed by atoms with Gasteiger partial charge in [0.1, 0.15) is 5.56 Å². The van der Waals surface area contributed by atoms with E-state index in [0.717, 1.165) is 0 Å². The number of pyridine rings is 1. The summed E-state index contributed by atoms with van der Waals surface area (Å²) in [4.78, 5) is 21.4. The maximum Gasteiger partial charge on any atom is 0.341 e. The van der Waals surface area contributed by atoms with Gasteiger partial charge in [-0.05, 0) is 12.1 Å². The van der Waals surface area contributed by atoms with Crippen LogP contribution in [0.5, 0.6) is 0 Å². The van der Waals surface area contributed by atoms with E-state index in [9.17, 15) is 9.59 Å². The molecule has 1 aromatic rings. The lowest BCUT2D eigenvalue weighted by atomic mass is 10.3. The molecule has 0 fully saturated rings. The molecule has 4 nitrogen and oxygen atoms in total. The number of aryl methyl sites for hydroxylation is 1. The predicted octanol–water partition coefficient (Wildman–Crippen LogP) is 0.505. The van der Waals surface area contributed by atoms with Gasteiger partial charge in [0.2, 0.25) is 0 Å². The van der Waals surface area contributed by atoms with Crippen molar-refractivity contribution in [1.29, 1.82) is 0 Å². The van der Waals surface area contributed by atoms with Crippen molar-refractivity contribution in [2.24, 2.45) is 7.05 Å². The van der Waals surface area contributed by atoms with Crippen LogP contribution in [-0.4, -0.2) is 15.6 Å². The van der Waals surface area contributed by atoms with E-state index in [1.54, 1.807) is 0 Å². The van der Waals surface area contributed by atoms with Gasteiger partial charge in [-0.15, -0.1) is 12.4 Å². The Morgan fingerprint density at radius 2 is 2.17 bits per heavy atom. The zero-order valence-corrected chi connectivity index (χ0v) is 7.17. The van der Waals surface area contributed by atoms with Gasteiger partial charge in [-0.3, -0.25) is 4.79 Å². The first-order valence-electron chi connectivity index (χ1n) is 3.02. The quantitative estimate of drug-likeness (QED) is 0.700. The highest BCUT2D eigenvalue weighted by Crippen LogP contribution is 1.89. The summed E-state index contributed by atoms with van der Waals surface area (Å²) in [7, 11) is 1.51. The molecule has 1 N–H and O–H groups in total. The summed E-state index contributed by atoms with van der Waals surface area (Å²) >= 11 is 0. The molecule has 66 valence electrons. The lowest BCUT2D eigenvalue weighted by Gasteiger charge is -1.96. The van der Waals surface area contributed by atoms with Gasteiger partial charge < -0.3 is 9.67 Å². The van der Waals surface area contributed by atoms with E-state index in [2.05, 4.69) is 0 Å². The molecular weight excluding hydrogens is 182 g/mol. The minimum Gasteiger partial charge on any atom is -0.477 e. The molecule has 1 heterocycles. The average molecular weight is 190 g/mol. The van der Waals surface area contributed by atoms with Crippen molar-refractivity contribution in [2.45, 2.75) is 0 Å². The number of carbonyl (C=O) groups is 1. The monoisotopic (exact) mass is 189 g/mol. The minimum atomic E-state index is -1.19. The number of aromatic carboxylic acids is 1. The fourth-order valence-corrected chi connectivity index (χ4v) is 0.760. The van der Waals surface area contributed by atoms with Crippen LogP contribution in [0.4, 0.5) is 0 Å². The van der Waals surface area contributed by atoms with Gasteiger partial charge in [-0.2, -0.15) is 0 Å². The number of carboxylic acid groups (broad SMARTS) is 1. The third-order valence-electron chi connectivity index (χ3n) is 1.35. The number of hydrogen-bond acceptors (Lipinski definition) is 2. The summed E-state index contributed by atoms with van der Waals surface area (Å²) in [5.74, 6) is -1.19. The summed E-state index contributed by atoms with van der Waals surface area (Å²) in [5.41, 5.74) is -0.685. The van der Waals surface area contributed by atoms with Crippen LogP contribution in [0.2, 0.25) is 0 Å². The zero-order valence-electron chi connectivity index (χ0n) is 6.35. The van der Waals surface area contributed by atoms with E-state index in [1.165, 1.54) is 29.9 Å². The highest BCUT2D eigenvalue weighted by atomic mass is 35.5. The first-order valence-corrected chi connectivity index (χ1v) is 3.02. The van der Waals surface area contributed by atoms with Crippen molar-refractivity contribution in [2.75, 3.05) is 0 Å². The van der Waals surface area contributed by atoms with Crippen LogP contribution in [-0.2, 0) is 7.05 Å². The second-order valence-corrected chi connectivity index (χ2v) is 2.14. The number of aromatic nitrogens is 1. The molecule has 0 bridgehead atoms. The SMILES string of the molecule is Cl.Cn1cccc(C(=O)O)c1=O. The number of rotatable bonds is 1. The molecule has 0 unspecified atom stereocenters. The van der Waals surface area contributed by atoms with Gasteiger partial charge in [-0.25, -0.2) is 4.79 Å². The lowest BCUT2D eigenvalue weighted by Crippen LogP contribution is -2.22. The maximum atomic E-state index is 11.0. The molecule has 0 aliphatic carbocycles. The number of hydrogen-bond donors (Lipinski definition) is 1. The maximum absolute atomic E-state index is 11.0. The van der Waals surface area contributed by atoms with Crippen LogP contribution in [0.25, 0.3) is 0 Å². The van der Waals surface area contributed by atoms with Crippen molar-refractivity contribution in [3.05, 3.63) is 34.2 Å². The third kappa shape index (κ3) is 1.85. The molecule has 1 aromatic heterocycles. The molecule has 0 atom stereocenters. The van der Waals surface area contributed by atoms with Crippen LogP contribution in [0.1, 0.15) is 10.4 Å². The molecule has 5 heteroatoms. The topological polar surface area (TPSA) is 59.3 Å². The molecule has 1 rings (SSSR count). The van der Waals surface area contributed by atoms with E-state index < -0.39 is 11.5 Å². The Hall–Kier alpha value is -1.29. The molecule has 0 radical (unpaired) electrons. The van der Waals surface area contributed by atoms with Crippen molar-refractivity contribution < 1.29 is 9.90 Å². The Labute approximate surface area is 74.9 Å². The number of carboxylic acids is 1. The molecule has 0 spiro atoms. The number of nitrogens with zero attached hydrogens (tertiary/aromatic N) is 1. The Kier molecular flexibility index (Phi) is 3.50. The highest BCUT2D eigenvalue weighted by molar-refractivity contribution is 5.86. The van der Waals surface area contributed by atoms with Crippen LogP contribution >= 0.6 is 12.4 Å². The van der Waals surface area contributed by atoms with Crippen LogP contribution in [0.3, 0.4) is 0 Å². The van der Waals surface area contributed by atoms with Gasteiger partial charge in [-0.1, -0.05) is 0 Å². The van der Waals surface area contributed by atoms with E-state index in [0.29, 0.717) is 0 Å². The molecule has 0 amide bonds. The smallest absolute Gasteiger partial charge is 0.341 e. The molecule has 0 aromatic carbocycles. The first kappa shape index (κ1) is 10.7. The van der Waals surface area contributed by atoms with E-state index in [1.807, 2.05) is 0 Å². The van der Waals surface area contributed by atoms with Crippen LogP contribution in [0, 0.1) is 0 Å². The molecule has 0 aliphatic rings. The van der Waals surface area contributed by atoms with E-state index in [4.69, 9.17) is 5.11 Å². The number of halogens is 1. The Morgan fingerprint density at radius 3 is 2.58 bits per heavy atom. The predicted molar refractivity (Wildman–Crippen MR) is 45.9 cm³/mol. The molecule has 0 aliphatic heterocycles. The largest absolute Gasteiger partial charge is 0.477 e. The Morgan fingerprint density at radius 1 is 1.58 bits per heavy atom. The fourth-order valence-electron chi connectivity index (χ4n) is 0.760. The summed E-state index contributed by atoms with van der Waals surface area (Å²) in [5, 5.41) is 8.48. The standard InChI is InChI=1S/C7H7NO3.ClH/c1-8-4-2-3-5(6(8)9)7(10)11;/h2-4H,1H3,(H,10,11);1H. The van der Waals surface area contributed by atoms with Gasteiger partial charge in [0, 0.05) is 13.2 Å². The minimum absolute atomic E-state index is 0. The van der Waals surface area contributed by atoms with Crippen molar-refractivity contribution in [3.63, 3.8) is 0 Å². The average Bonchev–Trinajstić information content (AvgIpc) is 1.94. The summed E-state index contributed by atoms with van der Waals surface area (Å²) in [6, 6.07) is 2.80. The second-order valence-electron chi connectivity index (χ2n) is 2.14. The van der Waals surface area contributed by atoms with Gasteiger partial charge in [0.05, 0.1) is 0 Å². The van der Waals surface area contributed by atoms with Gasteiger partial charge in [0.25, 0.3) is 5.56 Å². The lowest BCUT2D eigenvalue weighted by molar-refractivity contribution is 0.0694. The van der Waals surface area contributed by atoms with E-state index >= 15 is 0 Å². The summed E-state index contributed by atoms with van der Waals surface area (Å²) in [6.45, 7) is 0. The zero-order chi connectivity index (χ0) is 8.43. The normalized spacial score (nSPS) is 8.75. The van der Waals surface area contributed by atoms with Crippen LogP contribution < -0.4 is 5.56 Å². The third-order valence-corrected chi connectivity index (χ3v) is 1.35. The molecule has 12 heavy (non-hydrogen) atoms. The van der Waals surface area contributed by atoms with Gasteiger partial charge >= 0.3 is 5.97 Å². The summed E-state index contributed by atoms with van der Waals surface area (Å²) < 4.78 is 1.23. The molecular formula is C7H8ClNO3. The van der Waals surface area contributed by atoms with Crippen LogP contribution in [0.15, 0.2) is 23.1 Å². The van der Waals surface area contributed by atoms with Crippen molar-refractivity contribution >= 4 is 18.4 Å². The molecule has 0 saturated heterocycles. The summed E-state index contributed by atoms with van der Waals surface area (Å²) in [6.07, 6.45) is 1.51. The van der Waals surface area contributed by atoms with Crippen molar-refractivity contribution in [3.8, 4) is 0 Å². The highest BCUT2D eigenvalue weighted by Gasteiger charge is 2.07. The van der Waals surface area contributed by atoms with Crippen molar-refractivity contribution in [1.82, 2.24) is 4.57 Å². The first-order chi connectivity index (χ1) is 5.13. The van der Waals surface area contributed by atoms with Gasteiger partial charge in [0.15, 0.2) is 0 Å².